The maximum absolute atomic E-state index is 10.8. The third-order valence-corrected chi connectivity index (χ3v) is 3.72. The molecular weight excluding hydrogens is 246 g/mol. The number of carboxylic acid groups (broad SMARTS) is 1. The van der Waals surface area contributed by atoms with E-state index in [4.69, 9.17) is 14.3 Å². The Morgan fingerprint density at radius 3 is 2.89 bits per heavy atom. The first-order valence-electron chi connectivity index (χ1n) is 6.65. The van der Waals surface area contributed by atoms with Crippen molar-refractivity contribution in [3.8, 4) is 0 Å². The molecule has 0 saturated heterocycles. The summed E-state index contributed by atoms with van der Waals surface area (Å²) in [5.74, 6) is 0.500. The van der Waals surface area contributed by atoms with Crippen molar-refractivity contribution in [2.45, 2.75) is 32.4 Å². The Kier molecular flexibility index (Phi) is 4.61. The summed E-state index contributed by atoms with van der Waals surface area (Å²) in [6.45, 7) is 4.35. The number of furan rings is 1. The van der Waals surface area contributed by atoms with E-state index in [1.54, 1.807) is 13.2 Å². The van der Waals surface area contributed by atoms with Crippen molar-refractivity contribution in [3.05, 3.63) is 23.7 Å². The van der Waals surface area contributed by atoms with Crippen LogP contribution in [0, 0.1) is 5.92 Å². The highest BCUT2D eigenvalue weighted by atomic mass is 16.5. The second kappa shape index (κ2) is 6.21. The number of aromatic carboxylic acids is 1. The highest BCUT2D eigenvalue weighted by molar-refractivity contribution is 5.87. The normalized spacial score (nSPS) is 16.8. The maximum Gasteiger partial charge on any atom is 0.338 e. The average molecular weight is 267 g/mol. The molecular formula is C14H21NO4. The Morgan fingerprint density at radius 1 is 1.63 bits per heavy atom. The van der Waals surface area contributed by atoms with Crippen molar-refractivity contribution in [1.82, 2.24) is 4.90 Å². The molecule has 1 unspecified atom stereocenters. The van der Waals surface area contributed by atoms with Gasteiger partial charge in [-0.05, 0) is 31.7 Å². The van der Waals surface area contributed by atoms with Gasteiger partial charge in [0.05, 0.1) is 18.7 Å². The lowest BCUT2D eigenvalue weighted by atomic mass is 10.1. The SMILES string of the molecule is COCCN(Cc1cc(C(=O)O)co1)C(C)C1CC1. The molecule has 1 aliphatic rings. The van der Waals surface area contributed by atoms with Crippen LogP contribution in [0.25, 0.3) is 0 Å². The molecule has 2 rings (SSSR count). The van der Waals surface area contributed by atoms with Gasteiger partial charge in [0.25, 0.3) is 0 Å². The van der Waals surface area contributed by atoms with E-state index in [1.807, 2.05) is 0 Å². The summed E-state index contributed by atoms with van der Waals surface area (Å²) in [7, 11) is 1.69. The molecule has 0 aromatic carbocycles. The van der Waals surface area contributed by atoms with Gasteiger partial charge in [0.15, 0.2) is 0 Å². The van der Waals surface area contributed by atoms with Gasteiger partial charge < -0.3 is 14.3 Å². The monoisotopic (exact) mass is 267 g/mol. The van der Waals surface area contributed by atoms with Crippen LogP contribution < -0.4 is 0 Å². The van der Waals surface area contributed by atoms with Crippen LogP contribution in [0.5, 0.6) is 0 Å². The van der Waals surface area contributed by atoms with Gasteiger partial charge in [0.1, 0.15) is 12.0 Å². The fourth-order valence-corrected chi connectivity index (χ4v) is 2.29. The highest BCUT2D eigenvalue weighted by Gasteiger charge is 2.32. The molecule has 5 nitrogen and oxygen atoms in total. The maximum atomic E-state index is 10.8. The standard InChI is InChI=1S/C14H21NO4/c1-10(11-3-4-11)15(5-6-18-2)8-13-7-12(9-19-13)14(16)17/h7,9-11H,3-6,8H2,1-2H3,(H,16,17). The Balaban J connectivity index is 1.98. The summed E-state index contributed by atoms with van der Waals surface area (Å²) in [4.78, 5) is 13.1. The van der Waals surface area contributed by atoms with Crippen molar-refractivity contribution >= 4 is 5.97 Å². The number of nitrogens with zero attached hydrogens (tertiary/aromatic N) is 1. The first kappa shape index (κ1) is 14.1. The van der Waals surface area contributed by atoms with Crippen LogP contribution in [0.3, 0.4) is 0 Å². The molecule has 1 N–H and O–H groups in total. The molecule has 106 valence electrons. The molecule has 1 saturated carbocycles. The number of methoxy groups -OCH3 is 1. The van der Waals surface area contributed by atoms with Gasteiger partial charge in [0, 0.05) is 19.7 Å². The van der Waals surface area contributed by atoms with E-state index in [9.17, 15) is 4.79 Å². The van der Waals surface area contributed by atoms with Crippen LogP contribution in [-0.4, -0.2) is 42.3 Å². The lowest BCUT2D eigenvalue weighted by Gasteiger charge is -2.28. The van der Waals surface area contributed by atoms with Gasteiger partial charge in [-0.1, -0.05) is 0 Å². The van der Waals surface area contributed by atoms with Gasteiger partial charge in [0.2, 0.25) is 0 Å². The molecule has 0 bridgehead atoms. The summed E-state index contributed by atoms with van der Waals surface area (Å²) < 4.78 is 10.5. The molecule has 0 aliphatic heterocycles. The Labute approximate surface area is 113 Å². The first-order chi connectivity index (χ1) is 9.11. The molecule has 19 heavy (non-hydrogen) atoms. The molecule has 1 fully saturated rings. The van der Waals surface area contributed by atoms with Crippen LogP contribution in [0.2, 0.25) is 0 Å². The van der Waals surface area contributed by atoms with E-state index in [0.29, 0.717) is 25.0 Å². The molecule has 0 spiro atoms. The van der Waals surface area contributed by atoms with Crippen molar-refractivity contribution in [2.24, 2.45) is 5.92 Å². The molecule has 1 atom stereocenters. The zero-order valence-corrected chi connectivity index (χ0v) is 11.5. The van der Waals surface area contributed by atoms with E-state index < -0.39 is 5.97 Å². The summed E-state index contributed by atoms with van der Waals surface area (Å²) in [5.41, 5.74) is 0.209. The largest absolute Gasteiger partial charge is 0.478 e. The smallest absolute Gasteiger partial charge is 0.338 e. The van der Waals surface area contributed by atoms with Crippen molar-refractivity contribution in [1.29, 1.82) is 0 Å². The van der Waals surface area contributed by atoms with Crippen molar-refractivity contribution < 1.29 is 19.1 Å². The predicted molar refractivity (Wildman–Crippen MR) is 70.1 cm³/mol. The zero-order valence-electron chi connectivity index (χ0n) is 11.5. The summed E-state index contributed by atoms with van der Waals surface area (Å²) in [6.07, 6.45) is 3.86. The Morgan fingerprint density at radius 2 is 2.37 bits per heavy atom. The van der Waals surface area contributed by atoms with E-state index in [1.165, 1.54) is 19.1 Å². The number of ether oxygens (including phenoxy) is 1. The Hall–Kier alpha value is -1.33. The molecule has 0 radical (unpaired) electrons. The van der Waals surface area contributed by atoms with E-state index in [0.717, 1.165) is 12.5 Å². The quantitative estimate of drug-likeness (QED) is 0.782. The molecule has 1 aromatic rings. The van der Waals surface area contributed by atoms with Gasteiger partial charge in [-0.25, -0.2) is 4.79 Å². The third-order valence-electron chi connectivity index (χ3n) is 3.72. The van der Waals surface area contributed by atoms with Gasteiger partial charge in [-0.2, -0.15) is 0 Å². The second-order valence-electron chi connectivity index (χ2n) is 5.15. The van der Waals surface area contributed by atoms with Crippen LogP contribution in [0.15, 0.2) is 16.7 Å². The van der Waals surface area contributed by atoms with Gasteiger partial charge in [-0.3, -0.25) is 4.90 Å². The second-order valence-corrected chi connectivity index (χ2v) is 5.15. The lowest BCUT2D eigenvalue weighted by molar-refractivity contribution is 0.0696. The average Bonchev–Trinajstić information content (AvgIpc) is 3.13. The van der Waals surface area contributed by atoms with Crippen LogP contribution in [-0.2, 0) is 11.3 Å². The highest BCUT2D eigenvalue weighted by Crippen LogP contribution is 2.35. The minimum atomic E-state index is -0.950. The number of hydrogen-bond donors (Lipinski definition) is 1. The lowest BCUT2D eigenvalue weighted by Crippen LogP contribution is -2.36. The first-order valence-corrected chi connectivity index (χ1v) is 6.65. The number of carbonyl (C=O) groups is 1. The molecule has 1 aromatic heterocycles. The van der Waals surface area contributed by atoms with Crippen molar-refractivity contribution in [2.75, 3.05) is 20.3 Å². The third kappa shape index (κ3) is 3.81. The minimum absolute atomic E-state index is 0.209. The van der Waals surface area contributed by atoms with E-state index in [2.05, 4.69) is 11.8 Å². The number of carboxylic acids is 1. The predicted octanol–water partition coefficient (Wildman–Crippen LogP) is 2.22. The molecule has 1 heterocycles. The fourth-order valence-electron chi connectivity index (χ4n) is 2.29. The molecule has 1 aliphatic carbocycles. The Bertz CT molecular complexity index is 425. The fraction of sp³-hybridized carbons (Fsp3) is 0.643. The molecule has 0 amide bonds. The number of rotatable bonds is 8. The topological polar surface area (TPSA) is 62.9 Å². The van der Waals surface area contributed by atoms with Crippen LogP contribution >= 0.6 is 0 Å². The van der Waals surface area contributed by atoms with Gasteiger partial charge >= 0.3 is 5.97 Å². The summed E-state index contributed by atoms with van der Waals surface area (Å²) in [6, 6.07) is 2.08. The van der Waals surface area contributed by atoms with Crippen LogP contribution in [0.4, 0.5) is 0 Å². The summed E-state index contributed by atoms with van der Waals surface area (Å²) >= 11 is 0. The van der Waals surface area contributed by atoms with Gasteiger partial charge in [-0.15, -0.1) is 0 Å². The van der Waals surface area contributed by atoms with E-state index >= 15 is 0 Å². The minimum Gasteiger partial charge on any atom is -0.478 e. The van der Waals surface area contributed by atoms with Crippen molar-refractivity contribution in [3.63, 3.8) is 0 Å². The van der Waals surface area contributed by atoms with E-state index in [-0.39, 0.29) is 5.56 Å². The van der Waals surface area contributed by atoms with Crippen LogP contribution in [0.1, 0.15) is 35.9 Å². The summed E-state index contributed by atoms with van der Waals surface area (Å²) in [5, 5.41) is 8.89. The zero-order chi connectivity index (χ0) is 13.8. The molecule has 5 heteroatoms. The number of hydrogen-bond acceptors (Lipinski definition) is 4.